The Labute approximate surface area is 165 Å². The van der Waals surface area contributed by atoms with Gasteiger partial charge in [0.2, 0.25) is 5.91 Å². The summed E-state index contributed by atoms with van der Waals surface area (Å²) in [6.07, 6.45) is 10.5. The molecule has 27 heavy (non-hydrogen) atoms. The molecule has 0 aliphatic carbocycles. The van der Waals surface area contributed by atoms with E-state index in [0.29, 0.717) is 17.0 Å². The second kappa shape index (κ2) is 8.24. The van der Waals surface area contributed by atoms with Crippen LogP contribution in [0.2, 0.25) is 5.02 Å². The second-order valence-electron chi connectivity index (χ2n) is 7.43. The van der Waals surface area contributed by atoms with Crippen LogP contribution in [0.25, 0.3) is 6.08 Å². The summed E-state index contributed by atoms with van der Waals surface area (Å²) in [5.74, 6) is 0.532. The number of fused-ring (bicyclic) bond motifs is 3. The molecule has 4 nitrogen and oxygen atoms in total. The third kappa shape index (κ3) is 4.40. The predicted molar refractivity (Wildman–Crippen MR) is 108 cm³/mol. The molecule has 0 saturated carbocycles. The fourth-order valence-corrected chi connectivity index (χ4v) is 4.47. The summed E-state index contributed by atoms with van der Waals surface area (Å²) in [7, 11) is 0. The number of aromatic nitrogens is 1. The fourth-order valence-electron chi connectivity index (χ4n) is 4.34. The maximum atomic E-state index is 12.6. The molecule has 3 aliphatic rings. The molecule has 3 aliphatic heterocycles. The number of halogens is 1. The minimum Gasteiger partial charge on any atom is -0.348 e. The Morgan fingerprint density at radius 2 is 2.00 bits per heavy atom. The van der Waals surface area contributed by atoms with Gasteiger partial charge < -0.3 is 5.32 Å². The van der Waals surface area contributed by atoms with Gasteiger partial charge in [0.1, 0.15) is 0 Å². The van der Waals surface area contributed by atoms with Crippen LogP contribution in [0.15, 0.2) is 54.9 Å². The van der Waals surface area contributed by atoms with E-state index in [1.165, 1.54) is 5.56 Å². The lowest BCUT2D eigenvalue weighted by molar-refractivity contribution is -0.119. The van der Waals surface area contributed by atoms with Gasteiger partial charge in [-0.25, -0.2) is 0 Å². The number of amides is 1. The maximum absolute atomic E-state index is 12.6. The van der Waals surface area contributed by atoms with Crippen LogP contribution in [0.5, 0.6) is 0 Å². The van der Waals surface area contributed by atoms with Crippen molar-refractivity contribution in [2.75, 3.05) is 13.1 Å². The number of rotatable bonds is 5. The van der Waals surface area contributed by atoms with Crippen molar-refractivity contribution in [3.8, 4) is 0 Å². The SMILES string of the molecule is O=C(C=Cc1ccc(Cl)cc1)NC1C2CCN(CC2)C1Cc1cccnc1. The van der Waals surface area contributed by atoms with Crippen molar-refractivity contribution in [1.29, 1.82) is 0 Å². The van der Waals surface area contributed by atoms with E-state index >= 15 is 0 Å². The van der Waals surface area contributed by atoms with Gasteiger partial charge in [0.25, 0.3) is 0 Å². The van der Waals surface area contributed by atoms with Crippen molar-refractivity contribution in [2.24, 2.45) is 5.92 Å². The number of hydrogen-bond acceptors (Lipinski definition) is 3. The van der Waals surface area contributed by atoms with Crippen LogP contribution in [0.3, 0.4) is 0 Å². The van der Waals surface area contributed by atoms with Crippen LogP contribution in [-0.4, -0.2) is 41.0 Å². The molecule has 2 unspecified atom stereocenters. The normalized spacial score (nSPS) is 27.0. The van der Waals surface area contributed by atoms with E-state index in [2.05, 4.69) is 21.3 Å². The number of nitrogens with zero attached hydrogens (tertiary/aromatic N) is 2. The number of pyridine rings is 1. The Hall–Kier alpha value is -2.17. The molecule has 3 fully saturated rings. The molecule has 1 amide bonds. The first kappa shape index (κ1) is 18.2. The van der Waals surface area contributed by atoms with Crippen molar-refractivity contribution in [2.45, 2.75) is 31.3 Å². The lowest BCUT2D eigenvalue weighted by Gasteiger charge is -2.51. The van der Waals surface area contributed by atoms with Crippen LogP contribution in [0.1, 0.15) is 24.0 Å². The third-order valence-corrected chi connectivity index (χ3v) is 5.99. The van der Waals surface area contributed by atoms with Crippen LogP contribution in [-0.2, 0) is 11.2 Å². The zero-order valence-corrected chi connectivity index (χ0v) is 16.0. The Kier molecular flexibility index (Phi) is 5.55. The number of carbonyl (C=O) groups is 1. The van der Waals surface area contributed by atoms with E-state index in [1.54, 1.807) is 12.3 Å². The summed E-state index contributed by atoms with van der Waals surface area (Å²) in [5.41, 5.74) is 2.20. The second-order valence-corrected chi connectivity index (χ2v) is 7.86. The minimum atomic E-state index is -0.0279. The Balaban J connectivity index is 1.44. The molecule has 0 spiro atoms. The Bertz CT molecular complexity index is 798. The lowest BCUT2D eigenvalue weighted by Crippen LogP contribution is -2.64. The molecule has 2 aromatic rings. The van der Waals surface area contributed by atoms with Crippen LogP contribution in [0.4, 0.5) is 0 Å². The molecule has 1 aromatic carbocycles. The van der Waals surface area contributed by atoms with Gasteiger partial charge in [-0.15, -0.1) is 0 Å². The topological polar surface area (TPSA) is 45.2 Å². The lowest BCUT2D eigenvalue weighted by atomic mass is 9.77. The van der Waals surface area contributed by atoms with Crippen molar-refractivity contribution in [3.05, 3.63) is 71.0 Å². The highest BCUT2D eigenvalue weighted by molar-refractivity contribution is 6.30. The highest BCUT2D eigenvalue weighted by Crippen LogP contribution is 2.34. The molecule has 1 aromatic heterocycles. The minimum absolute atomic E-state index is 0.0279. The van der Waals surface area contributed by atoms with E-state index in [4.69, 9.17) is 11.6 Å². The molecule has 3 saturated heterocycles. The highest BCUT2D eigenvalue weighted by Gasteiger charge is 2.42. The first-order valence-electron chi connectivity index (χ1n) is 9.56. The number of benzene rings is 1. The largest absolute Gasteiger partial charge is 0.348 e. The summed E-state index contributed by atoms with van der Waals surface area (Å²) in [6, 6.07) is 12.1. The third-order valence-electron chi connectivity index (χ3n) is 5.74. The molecule has 2 atom stereocenters. The fraction of sp³-hybridized carbons (Fsp3) is 0.364. The molecular weight excluding hydrogens is 358 g/mol. The summed E-state index contributed by atoms with van der Waals surface area (Å²) in [5, 5.41) is 3.98. The average molecular weight is 382 g/mol. The predicted octanol–water partition coefficient (Wildman–Crippen LogP) is 3.57. The summed E-state index contributed by atoms with van der Waals surface area (Å²) >= 11 is 5.91. The standard InChI is InChI=1S/C22H24ClN3O/c23-19-6-3-16(4-7-19)5-8-21(27)25-22-18-9-12-26(13-10-18)20(22)14-17-2-1-11-24-15-17/h1-8,11,15,18,20,22H,9-10,12-14H2,(H,25,27). The van der Waals surface area contributed by atoms with Gasteiger partial charge in [-0.1, -0.05) is 29.8 Å². The van der Waals surface area contributed by atoms with Crippen LogP contribution < -0.4 is 5.32 Å². The zero-order valence-electron chi connectivity index (χ0n) is 15.2. The smallest absolute Gasteiger partial charge is 0.244 e. The zero-order chi connectivity index (χ0) is 18.6. The van der Waals surface area contributed by atoms with Gasteiger partial charge in [-0.3, -0.25) is 14.7 Å². The molecule has 5 heteroatoms. The molecule has 5 rings (SSSR count). The van der Waals surface area contributed by atoms with E-state index < -0.39 is 0 Å². The molecule has 4 heterocycles. The van der Waals surface area contributed by atoms with E-state index in [0.717, 1.165) is 37.9 Å². The van der Waals surface area contributed by atoms with Gasteiger partial charge in [-0.2, -0.15) is 0 Å². The van der Waals surface area contributed by atoms with Crippen molar-refractivity contribution in [1.82, 2.24) is 15.2 Å². The summed E-state index contributed by atoms with van der Waals surface area (Å²) in [6.45, 7) is 2.26. The van der Waals surface area contributed by atoms with E-state index in [1.807, 2.05) is 42.6 Å². The summed E-state index contributed by atoms with van der Waals surface area (Å²) < 4.78 is 0. The van der Waals surface area contributed by atoms with Crippen LogP contribution in [0, 0.1) is 5.92 Å². The first-order chi connectivity index (χ1) is 13.2. The van der Waals surface area contributed by atoms with Crippen molar-refractivity contribution >= 4 is 23.6 Å². The van der Waals surface area contributed by atoms with Gasteiger partial charge in [0.15, 0.2) is 0 Å². The Morgan fingerprint density at radius 1 is 1.22 bits per heavy atom. The number of piperidine rings is 3. The van der Waals surface area contributed by atoms with Crippen molar-refractivity contribution in [3.63, 3.8) is 0 Å². The Morgan fingerprint density at radius 3 is 2.70 bits per heavy atom. The molecule has 140 valence electrons. The van der Waals surface area contributed by atoms with E-state index in [-0.39, 0.29) is 11.9 Å². The van der Waals surface area contributed by atoms with Crippen molar-refractivity contribution < 1.29 is 4.79 Å². The van der Waals surface area contributed by atoms with E-state index in [9.17, 15) is 4.79 Å². The summed E-state index contributed by atoms with van der Waals surface area (Å²) in [4.78, 5) is 19.3. The van der Waals surface area contributed by atoms with Gasteiger partial charge in [-0.05, 0) is 73.7 Å². The monoisotopic (exact) mass is 381 g/mol. The molecular formula is C22H24ClN3O. The van der Waals surface area contributed by atoms with Gasteiger partial charge >= 0.3 is 0 Å². The maximum Gasteiger partial charge on any atom is 0.244 e. The highest BCUT2D eigenvalue weighted by atomic mass is 35.5. The quantitative estimate of drug-likeness (QED) is 0.805. The first-order valence-corrected chi connectivity index (χ1v) is 9.94. The van der Waals surface area contributed by atoms with Crippen LogP contribution >= 0.6 is 11.6 Å². The molecule has 1 N–H and O–H groups in total. The van der Waals surface area contributed by atoms with Gasteiger partial charge in [0, 0.05) is 35.6 Å². The number of hydrogen-bond donors (Lipinski definition) is 1. The molecule has 0 radical (unpaired) electrons. The van der Waals surface area contributed by atoms with Gasteiger partial charge in [0.05, 0.1) is 0 Å². The number of carbonyl (C=O) groups excluding carboxylic acids is 1. The number of nitrogens with one attached hydrogen (secondary N) is 1. The average Bonchev–Trinajstić information content (AvgIpc) is 2.71. The molecule has 2 bridgehead atoms.